The lowest BCUT2D eigenvalue weighted by atomic mass is 10.1. The van der Waals surface area contributed by atoms with E-state index in [1.54, 1.807) is 12.1 Å². The van der Waals surface area contributed by atoms with Gasteiger partial charge in [-0.1, -0.05) is 23.7 Å². The lowest BCUT2D eigenvalue weighted by molar-refractivity contribution is 0.582. The Kier molecular flexibility index (Phi) is 4.82. The zero-order valence-corrected chi connectivity index (χ0v) is 12.6. The van der Waals surface area contributed by atoms with E-state index in [0.29, 0.717) is 11.4 Å². The first-order chi connectivity index (χ1) is 9.88. The first kappa shape index (κ1) is 15.8. The molecular formula is C14H14ClFN2O2S. The van der Waals surface area contributed by atoms with Gasteiger partial charge in [-0.05, 0) is 42.3 Å². The summed E-state index contributed by atoms with van der Waals surface area (Å²) in [5, 5.41) is 0.373. The Hall–Kier alpha value is -1.63. The van der Waals surface area contributed by atoms with Crippen molar-refractivity contribution >= 4 is 27.3 Å². The number of nitrogens with one attached hydrogen (secondary N) is 1. The second kappa shape index (κ2) is 6.43. The van der Waals surface area contributed by atoms with E-state index in [2.05, 4.69) is 4.72 Å². The smallest absolute Gasteiger partial charge is 0.242 e. The molecule has 7 heteroatoms. The van der Waals surface area contributed by atoms with E-state index in [1.165, 1.54) is 30.3 Å². The lowest BCUT2D eigenvalue weighted by Gasteiger charge is -2.09. The average molecular weight is 329 g/mol. The quantitative estimate of drug-likeness (QED) is 0.829. The number of anilines is 1. The Morgan fingerprint density at radius 2 is 1.81 bits per heavy atom. The Balaban J connectivity index is 2.03. The van der Waals surface area contributed by atoms with E-state index in [1.807, 2.05) is 0 Å². The molecule has 2 aromatic rings. The highest BCUT2D eigenvalue weighted by molar-refractivity contribution is 7.89. The molecular weight excluding hydrogens is 315 g/mol. The first-order valence-electron chi connectivity index (χ1n) is 6.17. The van der Waals surface area contributed by atoms with Crippen molar-refractivity contribution in [3.63, 3.8) is 0 Å². The summed E-state index contributed by atoms with van der Waals surface area (Å²) in [6, 6.07) is 10.1. The predicted octanol–water partition coefficient (Wildman–Crippen LogP) is 2.58. The van der Waals surface area contributed by atoms with Crippen molar-refractivity contribution in [2.24, 2.45) is 0 Å². The van der Waals surface area contributed by atoms with Crippen LogP contribution in [0.15, 0.2) is 47.4 Å². The molecule has 0 fully saturated rings. The number of hydrogen-bond donors (Lipinski definition) is 2. The Bertz CT molecular complexity index is 733. The van der Waals surface area contributed by atoms with Gasteiger partial charge in [0.25, 0.3) is 0 Å². The SMILES string of the molecule is Nc1cc(Cl)ccc1S(=O)(=O)NCCc1ccc(F)cc1. The molecule has 0 aliphatic heterocycles. The van der Waals surface area contributed by atoms with Crippen LogP contribution in [-0.4, -0.2) is 15.0 Å². The van der Waals surface area contributed by atoms with E-state index >= 15 is 0 Å². The predicted molar refractivity (Wildman–Crippen MR) is 81.2 cm³/mol. The van der Waals surface area contributed by atoms with Crippen LogP contribution in [0.3, 0.4) is 0 Å². The minimum atomic E-state index is -3.69. The molecule has 0 spiro atoms. The molecule has 0 amide bonds. The summed E-state index contributed by atoms with van der Waals surface area (Å²) in [7, 11) is -3.69. The van der Waals surface area contributed by atoms with Crippen molar-refractivity contribution in [2.45, 2.75) is 11.3 Å². The van der Waals surface area contributed by atoms with E-state index in [-0.39, 0.29) is 22.9 Å². The zero-order valence-electron chi connectivity index (χ0n) is 11.0. The third kappa shape index (κ3) is 4.17. The van der Waals surface area contributed by atoms with Gasteiger partial charge in [0.2, 0.25) is 10.0 Å². The van der Waals surface area contributed by atoms with Gasteiger partial charge in [-0.15, -0.1) is 0 Å². The van der Waals surface area contributed by atoms with Crippen LogP contribution in [0.4, 0.5) is 10.1 Å². The number of nitrogen functional groups attached to an aromatic ring is 1. The fourth-order valence-corrected chi connectivity index (χ4v) is 3.15. The molecule has 0 aliphatic carbocycles. The largest absolute Gasteiger partial charge is 0.398 e. The van der Waals surface area contributed by atoms with E-state index in [0.717, 1.165) is 5.56 Å². The van der Waals surface area contributed by atoms with Gasteiger partial charge < -0.3 is 5.73 Å². The van der Waals surface area contributed by atoms with Gasteiger partial charge in [-0.2, -0.15) is 0 Å². The maximum atomic E-state index is 12.8. The van der Waals surface area contributed by atoms with Crippen molar-refractivity contribution in [2.75, 3.05) is 12.3 Å². The molecule has 0 aliphatic rings. The highest BCUT2D eigenvalue weighted by Crippen LogP contribution is 2.22. The zero-order chi connectivity index (χ0) is 15.5. The van der Waals surface area contributed by atoms with Gasteiger partial charge in [0.05, 0.1) is 5.69 Å². The molecule has 0 heterocycles. The topological polar surface area (TPSA) is 72.2 Å². The third-order valence-corrected chi connectivity index (χ3v) is 4.65. The minimum absolute atomic E-state index is 0.00833. The fourth-order valence-electron chi connectivity index (χ4n) is 1.82. The molecule has 2 rings (SSSR count). The summed E-state index contributed by atoms with van der Waals surface area (Å²) in [5.41, 5.74) is 6.59. The van der Waals surface area contributed by atoms with E-state index in [9.17, 15) is 12.8 Å². The van der Waals surface area contributed by atoms with Gasteiger partial charge in [-0.3, -0.25) is 0 Å². The first-order valence-corrected chi connectivity index (χ1v) is 8.04. The van der Waals surface area contributed by atoms with Crippen LogP contribution in [0.1, 0.15) is 5.56 Å². The number of nitrogens with two attached hydrogens (primary N) is 1. The van der Waals surface area contributed by atoms with Gasteiger partial charge in [-0.25, -0.2) is 17.5 Å². The summed E-state index contributed by atoms with van der Waals surface area (Å²) in [5.74, 6) is -0.326. The molecule has 4 nitrogen and oxygen atoms in total. The number of halogens is 2. The normalized spacial score (nSPS) is 11.5. The van der Waals surface area contributed by atoms with Gasteiger partial charge in [0.1, 0.15) is 10.7 Å². The highest BCUT2D eigenvalue weighted by atomic mass is 35.5. The van der Waals surface area contributed by atoms with E-state index < -0.39 is 10.0 Å². The van der Waals surface area contributed by atoms with Gasteiger partial charge >= 0.3 is 0 Å². The standard InChI is InChI=1S/C14H14ClFN2O2S/c15-11-3-6-14(13(17)9-11)21(19,20)18-8-7-10-1-4-12(16)5-2-10/h1-6,9,18H,7-8,17H2. The van der Waals surface area contributed by atoms with Crippen molar-refractivity contribution in [3.8, 4) is 0 Å². The summed E-state index contributed by atoms with van der Waals surface area (Å²) in [6.45, 7) is 0.191. The van der Waals surface area contributed by atoms with E-state index in [4.69, 9.17) is 17.3 Å². The molecule has 0 aromatic heterocycles. The molecule has 112 valence electrons. The van der Waals surface area contributed by atoms with Crippen LogP contribution in [0.2, 0.25) is 5.02 Å². The molecule has 21 heavy (non-hydrogen) atoms. The third-order valence-electron chi connectivity index (χ3n) is 2.88. The maximum absolute atomic E-state index is 12.8. The second-order valence-corrected chi connectivity index (χ2v) is 6.63. The molecule has 0 radical (unpaired) electrons. The Morgan fingerprint density at radius 1 is 1.14 bits per heavy atom. The number of sulfonamides is 1. The van der Waals surface area contributed by atoms with Crippen LogP contribution in [0.5, 0.6) is 0 Å². The Morgan fingerprint density at radius 3 is 2.43 bits per heavy atom. The second-order valence-electron chi connectivity index (χ2n) is 4.46. The van der Waals surface area contributed by atoms with Crippen molar-refractivity contribution in [1.29, 1.82) is 0 Å². The molecule has 0 bridgehead atoms. The summed E-state index contributed by atoms with van der Waals surface area (Å²) in [4.78, 5) is -0.00833. The molecule has 0 unspecified atom stereocenters. The summed E-state index contributed by atoms with van der Waals surface area (Å²) >= 11 is 5.74. The average Bonchev–Trinajstić information content (AvgIpc) is 2.40. The minimum Gasteiger partial charge on any atom is -0.398 e. The summed E-state index contributed by atoms with van der Waals surface area (Å²) < 4.78 is 39.4. The maximum Gasteiger partial charge on any atom is 0.242 e. The number of hydrogen-bond acceptors (Lipinski definition) is 3. The van der Waals surface area contributed by atoms with Crippen LogP contribution < -0.4 is 10.5 Å². The Labute approximate surface area is 127 Å². The molecule has 0 saturated heterocycles. The molecule has 0 saturated carbocycles. The fraction of sp³-hybridized carbons (Fsp3) is 0.143. The summed E-state index contributed by atoms with van der Waals surface area (Å²) in [6.07, 6.45) is 0.451. The number of rotatable bonds is 5. The number of benzene rings is 2. The van der Waals surface area contributed by atoms with Gasteiger partial charge in [0, 0.05) is 11.6 Å². The van der Waals surface area contributed by atoms with Crippen molar-refractivity contribution in [3.05, 3.63) is 58.9 Å². The molecule has 2 aromatic carbocycles. The lowest BCUT2D eigenvalue weighted by Crippen LogP contribution is -2.26. The molecule has 3 N–H and O–H groups in total. The van der Waals surface area contributed by atoms with Crippen molar-refractivity contribution < 1.29 is 12.8 Å². The van der Waals surface area contributed by atoms with Crippen LogP contribution in [0.25, 0.3) is 0 Å². The van der Waals surface area contributed by atoms with Crippen LogP contribution in [0, 0.1) is 5.82 Å². The van der Waals surface area contributed by atoms with Crippen LogP contribution >= 0.6 is 11.6 Å². The molecule has 0 atom stereocenters. The van der Waals surface area contributed by atoms with Gasteiger partial charge in [0.15, 0.2) is 0 Å². The van der Waals surface area contributed by atoms with Crippen LogP contribution in [-0.2, 0) is 16.4 Å². The monoisotopic (exact) mass is 328 g/mol. The van der Waals surface area contributed by atoms with Crippen molar-refractivity contribution in [1.82, 2.24) is 4.72 Å². The highest BCUT2D eigenvalue weighted by Gasteiger charge is 2.16.